The van der Waals surface area contributed by atoms with E-state index in [4.69, 9.17) is 21.1 Å². The molecule has 4 aliphatic heterocycles. The Morgan fingerprint density at radius 1 is 0.853 bits per heavy atom. The Labute approximate surface area is 405 Å². The van der Waals surface area contributed by atoms with Crippen molar-refractivity contribution in [3.8, 4) is 11.5 Å². The van der Waals surface area contributed by atoms with Crippen LogP contribution in [0.1, 0.15) is 62.5 Å². The molecule has 2 amide bonds. The van der Waals surface area contributed by atoms with Crippen LogP contribution in [0, 0.1) is 0 Å². The van der Waals surface area contributed by atoms with Crippen molar-refractivity contribution in [3.63, 3.8) is 0 Å². The molecular weight excluding hydrogens is 906 g/mol. The average molecular weight is 973 g/mol. The number of hydrogen-bond donors (Lipinski definition) is 4. The number of hydrogen-bond acceptors (Lipinski definition) is 15. The van der Waals surface area contributed by atoms with E-state index in [9.17, 15) is 18.0 Å². The van der Waals surface area contributed by atoms with Crippen LogP contribution in [0.3, 0.4) is 0 Å². The fourth-order valence-electron chi connectivity index (χ4n) is 9.93. The number of aryl methyl sites for hydroxylation is 1. The molecule has 19 heteroatoms. The molecule has 3 aromatic carbocycles. The third-order valence-electron chi connectivity index (χ3n) is 14.1. The van der Waals surface area contributed by atoms with E-state index in [0.29, 0.717) is 59.6 Å². The summed E-state index contributed by atoms with van der Waals surface area (Å²) < 4.78 is 37.4. The number of nitrogens with zero attached hydrogens (tertiary/aromatic N) is 7. The van der Waals surface area contributed by atoms with Gasteiger partial charge in [-0.15, -0.1) is 0 Å². The Morgan fingerprint density at radius 3 is 2.24 bits per heavy atom. The number of amides is 2. The highest BCUT2D eigenvalue weighted by atomic mass is 35.5. The standard InChI is InChI=1S/C49H66ClN11O6S/c1-6-33-29-42(54-49-52-32-40(50)47(56-49)53-41-13-11-38(66-3)30-44(41)57(2)68(5,64)65)45(67-4)31-43(33)61-22-17-37(18-23-61)60-27-25-58(26-28-60)24-19-51-35-15-20-59(21-16-35)36-9-7-34(8-10-36)39-12-14-46(62)55-48(39)63/h7-11,13,29-32,35,37,39,51H,6,12,14-28H2,1-5H3,(H,55,62,63)(H2,52,53,54,56). The highest BCUT2D eigenvalue weighted by molar-refractivity contribution is 7.92. The van der Waals surface area contributed by atoms with Crippen molar-refractivity contribution in [1.29, 1.82) is 0 Å². The molecule has 4 aromatic rings. The summed E-state index contributed by atoms with van der Waals surface area (Å²) in [6, 6.07) is 18.7. The summed E-state index contributed by atoms with van der Waals surface area (Å²) in [7, 11) is 1.08. The van der Waals surface area contributed by atoms with Crippen molar-refractivity contribution in [1.82, 2.24) is 30.4 Å². The molecule has 0 radical (unpaired) electrons. The average Bonchev–Trinajstić information content (AvgIpc) is 3.35. The summed E-state index contributed by atoms with van der Waals surface area (Å²) in [5.41, 5.74) is 6.11. The Bertz CT molecular complexity index is 2510. The fraction of sp³-hybridized carbons (Fsp3) is 0.510. The van der Waals surface area contributed by atoms with Crippen LogP contribution in [-0.4, -0.2) is 145 Å². The van der Waals surface area contributed by atoms with E-state index in [-0.39, 0.29) is 22.8 Å². The minimum absolute atomic E-state index is 0.179. The second kappa shape index (κ2) is 21.9. The van der Waals surface area contributed by atoms with Gasteiger partial charge >= 0.3 is 0 Å². The van der Waals surface area contributed by atoms with Gasteiger partial charge in [0, 0.05) is 115 Å². The van der Waals surface area contributed by atoms with Gasteiger partial charge in [-0.25, -0.2) is 13.4 Å². The van der Waals surface area contributed by atoms with Crippen molar-refractivity contribution < 1.29 is 27.5 Å². The van der Waals surface area contributed by atoms with Gasteiger partial charge in [0.25, 0.3) is 0 Å². The first-order valence-corrected chi connectivity index (χ1v) is 26.1. The minimum atomic E-state index is -3.58. The van der Waals surface area contributed by atoms with E-state index >= 15 is 0 Å². The molecule has 17 nitrogen and oxygen atoms in total. The minimum Gasteiger partial charge on any atom is -0.497 e. The van der Waals surface area contributed by atoms with E-state index in [1.54, 1.807) is 25.3 Å². The molecule has 0 bridgehead atoms. The van der Waals surface area contributed by atoms with Gasteiger partial charge in [0.05, 0.1) is 49.7 Å². The van der Waals surface area contributed by atoms with Gasteiger partial charge < -0.3 is 35.2 Å². The molecule has 4 N–H and O–H groups in total. The predicted molar refractivity (Wildman–Crippen MR) is 270 cm³/mol. The SMILES string of the molecule is CCc1cc(Nc2ncc(Cl)c(Nc3ccc(OC)cc3N(C)S(C)(=O)=O)n2)c(OC)cc1N1CCC(N2CCN(CCNC3CCN(c4ccc(C5CCC(=O)NC5=O)cc4)CC3)CC2)CC1. The molecule has 0 saturated carbocycles. The number of piperazine rings is 1. The number of methoxy groups -OCH3 is 2. The summed E-state index contributed by atoms with van der Waals surface area (Å²) in [6.45, 7) is 12.6. The maximum atomic E-state index is 12.5. The first kappa shape index (κ1) is 49.0. The van der Waals surface area contributed by atoms with Crippen molar-refractivity contribution in [3.05, 3.63) is 76.9 Å². The van der Waals surface area contributed by atoms with Gasteiger partial charge in [-0.1, -0.05) is 30.7 Å². The maximum Gasteiger partial charge on any atom is 0.234 e. The number of piperidine rings is 3. The largest absolute Gasteiger partial charge is 0.497 e. The summed E-state index contributed by atoms with van der Waals surface area (Å²) in [5, 5.41) is 13.1. The second-order valence-electron chi connectivity index (χ2n) is 18.2. The lowest BCUT2D eigenvalue weighted by Gasteiger charge is -2.43. The van der Waals surface area contributed by atoms with E-state index in [1.807, 2.05) is 12.1 Å². The molecule has 5 heterocycles. The summed E-state index contributed by atoms with van der Waals surface area (Å²) >= 11 is 6.57. The van der Waals surface area contributed by atoms with E-state index in [1.165, 1.54) is 41.6 Å². The third-order valence-corrected chi connectivity index (χ3v) is 15.5. The Balaban J connectivity index is 0.785. The zero-order chi connectivity index (χ0) is 48.0. The summed E-state index contributed by atoms with van der Waals surface area (Å²) in [4.78, 5) is 43.2. The van der Waals surface area contributed by atoms with E-state index in [0.717, 1.165) is 115 Å². The van der Waals surface area contributed by atoms with Gasteiger partial charge in [0.15, 0.2) is 5.82 Å². The smallest absolute Gasteiger partial charge is 0.234 e. The van der Waals surface area contributed by atoms with E-state index < -0.39 is 10.0 Å². The normalized spacial score (nSPS) is 19.2. The summed E-state index contributed by atoms with van der Waals surface area (Å²) in [5.74, 6) is 1.15. The number of carbonyl (C=O) groups is 2. The maximum absolute atomic E-state index is 12.5. The molecule has 0 aliphatic carbocycles. The zero-order valence-electron chi connectivity index (χ0n) is 39.9. The first-order valence-electron chi connectivity index (χ1n) is 23.8. The Hall–Kier alpha value is -5.40. The highest BCUT2D eigenvalue weighted by Gasteiger charge is 2.31. The Kier molecular flexibility index (Phi) is 15.8. The summed E-state index contributed by atoms with van der Waals surface area (Å²) in [6.07, 6.45) is 8.87. The second-order valence-corrected chi connectivity index (χ2v) is 20.6. The van der Waals surface area contributed by atoms with E-state index in [2.05, 4.69) is 82.0 Å². The molecule has 366 valence electrons. The van der Waals surface area contributed by atoms with Gasteiger partial charge in [0.2, 0.25) is 27.8 Å². The quantitative estimate of drug-likeness (QED) is 0.0912. The van der Waals surface area contributed by atoms with Crippen LogP contribution in [0.15, 0.2) is 60.8 Å². The van der Waals surface area contributed by atoms with Crippen molar-refractivity contribution >= 4 is 73.6 Å². The number of nitrogens with one attached hydrogen (secondary N) is 4. The molecule has 4 fully saturated rings. The number of sulfonamides is 1. The number of rotatable bonds is 17. The van der Waals surface area contributed by atoms with Crippen LogP contribution < -0.4 is 44.8 Å². The fourth-order valence-corrected chi connectivity index (χ4v) is 10.6. The molecule has 1 unspecified atom stereocenters. The topological polar surface area (TPSA) is 177 Å². The molecule has 8 rings (SSSR count). The van der Waals surface area contributed by atoms with Crippen molar-refractivity contribution in [2.45, 2.75) is 69.9 Å². The number of halogens is 1. The molecule has 1 aromatic heterocycles. The first-order chi connectivity index (χ1) is 32.8. The number of benzene rings is 3. The molecule has 68 heavy (non-hydrogen) atoms. The third kappa shape index (κ3) is 11.7. The molecule has 1 atom stereocenters. The van der Waals surface area contributed by atoms with Gasteiger partial charge in [-0.3, -0.25) is 29.0 Å². The Morgan fingerprint density at radius 2 is 1.57 bits per heavy atom. The molecule has 4 saturated heterocycles. The molecule has 4 aliphatic rings. The lowest BCUT2D eigenvalue weighted by atomic mass is 9.90. The van der Waals surface area contributed by atoms with Gasteiger partial charge in [0.1, 0.15) is 16.5 Å². The zero-order valence-corrected chi connectivity index (χ0v) is 41.5. The van der Waals surface area contributed by atoms with Crippen molar-refractivity contribution in [2.75, 3.05) is 118 Å². The van der Waals surface area contributed by atoms with Gasteiger partial charge in [-0.05, 0) is 80.0 Å². The monoisotopic (exact) mass is 971 g/mol. The van der Waals surface area contributed by atoms with Crippen LogP contribution in [-0.2, 0) is 26.0 Å². The number of aromatic nitrogens is 2. The van der Waals surface area contributed by atoms with Crippen LogP contribution >= 0.6 is 11.6 Å². The molecule has 0 spiro atoms. The lowest BCUT2D eigenvalue weighted by Crippen LogP contribution is -2.54. The number of ether oxygens (including phenoxy) is 2. The van der Waals surface area contributed by atoms with Crippen LogP contribution in [0.2, 0.25) is 5.02 Å². The van der Waals surface area contributed by atoms with Crippen molar-refractivity contribution in [2.24, 2.45) is 0 Å². The van der Waals surface area contributed by atoms with Gasteiger partial charge in [-0.2, -0.15) is 4.98 Å². The number of imide groups is 1. The van der Waals surface area contributed by atoms with Crippen LogP contribution in [0.5, 0.6) is 11.5 Å². The number of anilines is 7. The predicted octanol–water partition coefficient (Wildman–Crippen LogP) is 5.96. The lowest BCUT2D eigenvalue weighted by molar-refractivity contribution is -0.134. The van der Waals surface area contributed by atoms with Crippen LogP contribution in [0.4, 0.5) is 40.2 Å². The number of carbonyl (C=O) groups excluding carboxylic acids is 2. The highest BCUT2D eigenvalue weighted by Crippen LogP contribution is 2.39. The van der Waals surface area contributed by atoms with Crippen LogP contribution in [0.25, 0.3) is 0 Å². The molecular formula is C49H66ClN11O6S.